The standard InChI is InChI=1S/C26H33N5O5S.C17H17N3O6S2/c1-18(2)35-23(32)7-9-29-10-12-30(13-11-29)15-22-16-31(26(34)36-22)21-5-3-19(4-6-21)24(27)28-25(33)20-8-14-37-17-20;1-28(23,24)25-9-14-8-20(17(22)26-14)13-4-2-11(3-5-13)15(18)19-16(21)12-6-7-27-10-12/h3-6,8,14,17-18,22H,7,9-13,15-16H2,1-2H3,(H2,27,28,33);2-7,10,14H,8-9H2,1H3,(H2,18,19,21). The number of anilines is 2. The first kappa shape index (κ1) is 48.4. The summed E-state index contributed by atoms with van der Waals surface area (Å²) in [6.07, 6.45) is -0.711. The van der Waals surface area contributed by atoms with Crippen LogP contribution in [0, 0.1) is 10.8 Å². The molecule has 3 aliphatic rings. The first-order chi connectivity index (χ1) is 31.0. The van der Waals surface area contributed by atoms with Gasteiger partial charge in [-0.2, -0.15) is 31.1 Å². The minimum atomic E-state index is -3.62. The quantitative estimate of drug-likeness (QED) is 0.0420. The van der Waals surface area contributed by atoms with Crippen molar-refractivity contribution in [2.24, 2.45) is 0 Å². The molecule has 0 spiro atoms. The molecular weight excluding hydrogens is 901 g/mol. The van der Waals surface area contributed by atoms with Crippen molar-refractivity contribution in [3.8, 4) is 0 Å². The van der Waals surface area contributed by atoms with Gasteiger partial charge in [-0.25, -0.2) is 9.59 Å². The van der Waals surface area contributed by atoms with Gasteiger partial charge in [-0.05, 0) is 85.3 Å². The SMILES string of the molecule is CC(C)OC(=O)CCN1CCN(CC2CN(c3ccc(C(=N)NC(=O)c4ccsc4)cc3)C(=O)O2)CC1.CS(=O)(=O)OCC1CN(c2ccc(C(=N)NC(=O)c3ccsc3)cc2)C(=O)O1. The van der Waals surface area contributed by atoms with Crippen LogP contribution in [-0.4, -0.2) is 143 Å². The maximum Gasteiger partial charge on any atom is 0.414 e. The summed E-state index contributed by atoms with van der Waals surface area (Å²) in [6, 6.07) is 16.7. The van der Waals surface area contributed by atoms with Gasteiger partial charge in [0.15, 0.2) is 0 Å². The number of esters is 1. The summed E-state index contributed by atoms with van der Waals surface area (Å²) < 4.78 is 42.7. The minimum Gasteiger partial charge on any atom is -0.463 e. The molecular formula is C43H50N8O11S3. The first-order valence-electron chi connectivity index (χ1n) is 20.5. The number of nitrogens with zero attached hydrogens (tertiary/aromatic N) is 4. The number of hydrogen-bond donors (Lipinski definition) is 4. The van der Waals surface area contributed by atoms with Crippen molar-refractivity contribution in [3.05, 3.63) is 104 Å². The first-order valence-corrected chi connectivity index (χ1v) is 24.2. The van der Waals surface area contributed by atoms with Crippen molar-refractivity contribution < 1.29 is 50.8 Å². The fourth-order valence-electron chi connectivity index (χ4n) is 6.82. The summed E-state index contributed by atoms with van der Waals surface area (Å²) in [5, 5.41) is 28.3. The van der Waals surface area contributed by atoms with Gasteiger partial charge in [0, 0.05) is 72.5 Å². The number of cyclic esters (lactones) is 2. The normalized spacial score (nSPS) is 17.8. The maximum atomic E-state index is 12.5. The Labute approximate surface area is 384 Å². The largest absolute Gasteiger partial charge is 0.463 e. The molecule has 0 radical (unpaired) electrons. The van der Waals surface area contributed by atoms with Crippen LogP contribution in [0.2, 0.25) is 0 Å². The predicted octanol–water partition coefficient (Wildman–Crippen LogP) is 4.59. The van der Waals surface area contributed by atoms with Crippen LogP contribution in [0.5, 0.6) is 0 Å². The molecule has 19 nitrogen and oxygen atoms in total. The Bertz CT molecular complexity index is 2420. The molecule has 3 aliphatic heterocycles. The van der Waals surface area contributed by atoms with Crippen molar-refractivity contribution in [1.82, 2.24) is 20.4 Å². The number of benzene rings is 2. The molecule has 2 aromatic carbocycles. The lowest BCUT2D eigenvalue weighted by molar-refractivity contribution is -0.147. The third kappa shape index (κ3) is 14.2. The molecule has 22 heteroatoms. The molecule has 3 fully saturated rings. The number of piperazine rings is 1. The van der Waals surface area contributed by atoms with Crippen molar-refractivity contribution in [3.63, 3.8) is 0 Å². The third-order valence-electron chi connectivity index (χ3n) is 10.1. The molecule has 65 heavy (non-hydrogen) atoms. The number of nitrogens with one attached hydrogen (secondary N) is 4. The smallest absolute Gasteiger partial charge is 0.414 e. The average Bonchev–Trinajstić information content (AvgIpc) is 4.12. The van der Waals surface area contributed by atoms with Gasteiger partial charge in [-0.1, -0.05) is 0 Å². The van der Waals surface area contributed by atoms with Gasteiger partial charge in [-0.15, -0.1) is 0 Å². The van der Waals surface area contributed by atoms with Crippen LogP contribution in [0.4, 0.5) is 21.0 Å². The Balaban J connectivity index is 0.000000224. The summed E-state index contributed by atoms with van der Waals surface area (Å²) in [5.41, 5.74) is 3.22. The maximum absolute atomic E-state index is 12.5. The van der Waals surface area contributed by atoms with Crippen LogP contribution in [0.15, 0.2) is 82.2 Å². The second kappa shape index (κ2) is 22.2. The monoisotopic (exact) mass is 950 g/mol. The highest BCUT2D eigenvalue weighted by atomic mass is 32.2. The van der Waals surface area contributed by atoms with Gasteiger partial charge in [-0.3, -0.25) is 44.1 Å². The zero-order valence-corrected chi connectivity index (χ0v) is 38.3. The molecule has 346 valence electrons. The van der Waals surface area contributed by atoms with Crippen molar-refractivity contribution in [2.45, 2.75) is 38.6 Å². The second-order valence-corrected chi connectivity index (χ2v) is 18.6. The van der Waals surface area contributed by atoms with E-state index in [1.165, 1.54) is 27.6 Å². The van der Waals surface area contributed by atoms with Gasteiger partial charge >= 0.3 is 18.2 Å². The van der Waals surface area contributed by atoms with E-state index in [1.807, 2.05) is 19.2 Å². The van der Waals surface area contributed by atoms with Gasteiger partial charge < -0.3 is 29.7 Å². The van der Waals surface area contributed by atoms with E-state index in [2.05, 4.69) is 24.6 Å². The van der Waals surface area contributed by atoms with E-state index in [-0.39, 0.29) is 60.9 Å². The van der Waals surface area contributed by atoms with E-state index in [0.29, 0.717) is 59.7 Å². The number of carbonyl (C=O) groups is 5. The van der Waals surface area contributed by atoms with Gasteiger partial charge in [0.25, 0.3) is 21.9 Å². The predicted molar refractivity (Wildman–Crippen MR) is 245 cm³/mol. The number of rotatable bonds is 15. The zero-order valence-electron chi connectivity index (χ0n) is 35.9. The third-order valence-corrected chi connectivity index (χ3v) is 12.1. The lowest BCUT2D eigenvalue weighted by atomic mass is 10.1. The molecule has 5 heterocycles. The van der Waals surface area contributed by atoms with E-state index in [1.54, 1.807) is 81.7 Å². The Morgan fingerprint density at radius 1 is 0.723 bits per heavy atom. The van der Waals surface area contributed by atoms with E-state index in [9.17, 15) is 32.4 Å². The summed E-state index contributed by atoms with van der Waals surface area (Å²) in [7, 11) is -3.62. The topological polar surface area (TPSA) is 241 Å². The number of amides is 4. The Hall–Kier alpha value is -6.04. The molecule has 0 saturated carbocycles. The molecule has 7 rings (SSSR count). The van der Waals surface area contributed by atoms with Crippen LogP contribution in [-0.2, 0) is 33.3 Å². The average molecular weight is 951 g/mol. The lowest BCUT2D eigenvalue weighted by Crippen LogP contribution is -2.49. The van der Waals surface area contributed by atoms with E-state index in [4.69, 9.17) is 25.0 Å². The summed E-state index contributed by atoms with van der Waals surface area (Å²) >= 11 is 2.81. The van der Waals surface area contributed by atoms with Crippen LogP contribution < -0.4 is 20.4 Å². The van der Waals surface area contributed by atoms with Crippen molar-refractivity contribution in [2.75, 3.05) is 75.0 Å². The zero-order chi connectivity index (χ0) is 46.7. The molecule has 3 saturated heterocycles. The highest BCUT2D eigenvalue weighted by Gasteiger charge is 2.35. The molecule has 2 unspecified atom stereocenters. The van der Waals surface area contributed by atoms with E-state index >= 15 is 0 Å². The van der Waals surface area contributed by atoms with Gasteiger partial charge in [0.1, 0.15) is 30.5 Å². The Morgan fingerprint density at radius 3 is 1.63 bits per heavy atom. The fourth-order valence-corrected chi connectivity index (χ4v) is 8.49. The second-order valence-electron chi connectivity index (χ2n) is 15.4. The molecule has 4 amide bonds. The highest BCUT2D eigenvalue weighted by molar-refractivity contribution is 7.86. The lowest BCUT2D eigenvalue weighted by Gasteiger charge is -2.35. The van der Waals surface area contributed by atoms with Crippen LogP contribution in [0.25, 0.3) is 0 Å². The highest BCUT2D eigenvalue weighted by Crippen LogP contribution is 2.25. The number of ether oxygens (including phenoxy) is 3. The van der Waals surface area contributed by atoms with Crippen LogP contribution >= 0.6 is 22.7 Å². The minimum absolute atomic E-state index is 0.000538. The molecule has 0 aliphatic carbocycles. The summed E-state index contributed by atoms with van der Waals surface area (Å²) in [4.78, 5) is 68.0. The molecule has 4 aromatic rings. The Morgan fingerprint density at radius 2 is 1.18 bits per heavy atom. The van der Waals surface area contributed by atoms with Crippen molar-refractivity contribution in [1.29, 1.82) is 10.8 Å². The number of thiophene rings is 2. The summed E-state index contributed by atoms with van der Waals surface area (Å²) in [5.74, 6) is -0.918. The number of carbonyl (C=O) groups excluding carboxylic acids is 5. The van der Waals surface area contributed by atoms with E-state index in [0.717, 1.165) is 32.4 Å². The summed E-state index contributed by atoms with van der Waals surface area (Å²) in [6.45, 7) is 8.80. The number of amidine groups is 2. The molecule has 2 aromatic heterocycles. The van der Waals surface area contributed by atoms with Gasteiger partial charge in [0.2, 0.25) is 0 Å². The molecule has 4 N–H and O–H groups in total. The van der Waals surface area contributed by atoms with Crippen molar-refractivity contribution >= 4 is 85.8 Å². The Kier molecular flexibility index (Phi) is 16.6. The fraction of sp³-hybridized carbons (Fsp3) is 0.372. The van der Waals surface area contributed by atoms with Crippen LogP contribution in [0.3, 0.4) is 0 Å². The van der Waals surface area contributed by atoms with E-state index < -0.39 is 22.3 Å². The van der Waals surface area contributed by atoms with Gasteiger partial charge in [0.05, 0.1) is 43.0 Å². The van der Waals surface area contributed by atoms with Crippen LogP contribution in [0.1, 0.15) is 52.1 Å². The molecule has 0 bridgehead atoms. The number of hydrogen-bond acceptors (Lipinski definition) is 17. The molecule has 2 atom stereocenters.